The molecule has 3 N–H and O–H groups in total. The van der Waals surface area contributed by atoms with E-state index in [2.05, 4.69) is 34.0 Å². The molecule has 1 atom stereocenters. The first-order valence-corrected chi connectivity index (χ1v) is 9.10. The van der Waals surface area contributed by atoms with Crippen LogP contribution in [0.15, 0.2) is 42.5 Å². The quantitative estimate of drug-likeness (QED) is 0.629. The third kappa shape index (κ3) is 3.16. The molecule has 1 aliphatic heterocycles. The molecule has 3 rings (SSSR count). The number of rotatable bonds is 4. The van der Waals surface area contributed by atoms with Crippen molar-refractivity contribution in [2.75, 3.05) is 13.7 Å². The van der Waals surface area contributed by atoms with Crippen LogP contribution in [0.3, 0.4) is 0 Å². The lowest BCUT2D eigenvalue weighted by molar-refractivity contribution is -0.129. The molecule has 25 heavy (non-hydrogen) atoms. The van der Waals surface area contributed by atoms with Crippen LogP contribution >= 0.6 is 22.6 Å². The summed E-state index contributed by atoms with van der Waals surface area (Å²) in [6.07, 6.45) is 0.582. The van der Waals surface area contributed by atoms with E-state index < -0.39 is 5.54 Å². The van der Waals surface area contributed by atoms with Gasteiger partial charge in [-0.3, -0.25) is 15.1 Å². The standard InChI is InChI=1S/C19H20IN3O2/c1-19(17(25)23(2)18(21)22-19)14-5-3-4-13(10-14)16-11-15(20)7-6-12(16)8-9-24/h3-7,10-11,24H,8-9H2,1-2H3,(H2,21,22). The van der Waals surface area contributed by atoms with Crippen molar-refractivity contribution >= 4 is 34.5 Å². The fourth-order valence-electron chi connectivity index (χ4n) is 3.16. The van der Waals surface area contributed by atoms with Crippen LogP contribution in [0.5, 0.6) is 0 Å². The third-order valence-corrected chi connectivity index (χ3v) is 5.31. The van der Waals surface area contributed by atoms with Gasteiger partial charge in [-0.2, -0.15) is 0 Å². The maximum absolute atomic E-state index is 12.6. The van der Waals surface area contributed by atoms with E-state index >= 15 is 0 Å². The number of likely N-dealkylation sites (N-methyl/N-ethyl adjacent to an activating group) is 1. The molecule has 0 aromatic heterocycles. The zero-order valence-corrected chi connectivity index (χ0v) is 16.3. The van der Waals surface area contributed by atoms with Crippen LogP contribution < -0.4 is 5.32 Å². The number of halogens is 1. The van der Waals surface area contributed by atoms with Crippen molar-refractivity contribution in [3.05, 3.63) is 57.2 Å². The van der Waals surface area contributed by atoms with Gasteiger partial charge in [-0.05, 0) is 76.4 Å². The van der Waals surface area contributed by atoms with E-state index in [1.54, 1.807) is 14.0 Å². The summed E-state index contributed by atoms with van der Waals surface area (Å²) in [5.41, 5.74) is 3.00. The highest BCUT2D eigenvalue weighted by Gasteiger charge is 2.45. The Hall–Kier alpha value is -1.93. The van der Waals surface area contributed by atoms with E-state index in [4.69, 9.17) is 5.41 Å². The van der Waals surface area contributed by atoms with Crippen molar-refractivity contribution in [2.24, 2.45) is 0 Å². The second-order valence-corrected chi connectivity index (χ2v) is 7.56. The summed E-state index contributed by atoms with van der Waals surface area (Å²) in [6.45, 7) is 1.89. The smallest absolute Gasteiger partial charge is 0.259 e. The topological polar surface area (TPSA) is 76.4 Å². The summed E-state index contributed by atoms with van der Waals surface area (Å²) < 4.78 is 1.11. The molecular formula is C19H20IN3O2. The summed E-state index contributed by atoms with van der Waals surface area (Å²) in [7, 11) is 1.60. The van der Waals surface area contributed by atoms with Crippen molar-refractivity contribution < 1.29 is 9.90 Å². The molecule has 1 aliphatic rings. The van der Waals surface area contributed by atoms with E-state index in [1.165, 1.54) is 4.90 Å². The first kappa shape index (κ1) is 17.9. The first-order valence-electron chi connectivity index (χ1n) is 8.02. The zero-order chi connectivity index (χ0) is 18.2. The molecule has 1 fully saturated rings. The van der Waals surface area contributed by atoms with Gasteiger partial charge in [0.1, 0.15) is 5.54 Å². The predicted octanol–water partition coefficient (Wildman–Crippen LogP) is 2.70. The number of carbonyl (C=O) groups excluding carboxylic acids is 1. The van der Waals surface area contributed by atoms with Crippen molar-refractivity contribution in [1.82, 2.24) is 10.2 Å². The van der Waals surface area contributed by atoms with E-state index in [9.17, 15) is 9.90 Å². The Morgan fingerprint density at radius 3 is 2.68 bits per heavy atom. The molecule has 1 unspecified atom stereocenters. The van der Waals surface area contributed by atoms with Crippen molar-refractivity contribution in [2.45, 2.75) is 18.9 Å². The maximum Gasteiger partial charge on any atom is 0.259 e. The minimum Gasteiger partial charge on any atom is -0.396 e. The Kier molecular flexibility index (Phi) is 4.83. The number of nitrogens with one attached hydrogen (secondary N) is 2. The molecule has 0 radical (unpaired) electrons. The number of aliphatic hydroxyl groups is 1. The molecule has 6 heteroatoms. The second kappa shape index (κ2) is 6.76. The highest BCUT2D eigenvalue weighted by molar-refractivity contribution is 14.1. The Labute approximate surface area is 160 Å². The molecule has 1 heterocycles. The highest BCUT2D eigenvalue weighted by atomic mass is 127. The highest BCUT2D eigenvalue weighted by Crippen LogP contribution is 2.32. The fraction of sp³-hybridized carbons (Fsp3) is 0.263. The van der Waals surface area contributed by atoms with Crippen LogP contribution in [0.4, 0.5) is 0 Å². The lowest BCUT2D eigenvalue weighted by Gasteiger charge is -2.23. The Bertz CT molecular complexity index is 852. The molecule has 0 aliphatic carbocycles. The number of carbonyl (C=O) groups is 1. The van der Waals surface area contributed by atoms with E-state index in [1.807, 2.05) is 36.4 Å². The number of benzene rings is 2. The molecule has 0 spiro atoms. The minimum absolute atomic E-state index is 0.0903. The molecule has 1 amide bonds. The van der Waals surface area contributed by atoms with E-state index in [-0.39, 0.29) is 18.5 Å². The van der Waals surface area contributed by atoms with E-state index in [0.717, 1.165) is 25.8 Å². The van der Waals surface area contributed by atoms with Crippen LogP contribution in [0, 0.1) is 8.98 Å². The SMILES string of the molecule is CN1C(=N)NC(C)(c2cccc(-c3cc(I)ccc3CCO)c2)C1=O. The summed E-state index contributed by atoms with van der Waals surface area (Å²) in [5.74, 6) is -0.0407. The number of hydrogen-bond donors (Lipinski definition) is 3. The lowest BCUT2D eigenvalue weighted by atomic mass is 9.88. The monoisotopic (exact) mass is 449 g/mol. The van der Waals surface area contributed by atoms with Crippen LogP contribution in [0.2, 0.25) is 0 Å². The predicted molar refractivity (Wildman–Crippen MR) is 106 cm³/mol. The van der Waals surface area contributed by atoms with Gasteiger partial charge in [0, 0.05) is 17.2 Å². The summed E-state index contributed by atoms with van der Waals surface area (Å²) in [4.78, 5) is 13.9. The minimum atomic E-state index is -0.944. The van der Waals surface area contributed by atoms with Crippen molar-refractivity contribution in [3.63, 3.8) is 0 Å². The van der Waals surface area contributed by atoms with E-state index in [0.29, 0.717) is 6.42 Å². The van der Waals surface area contributed by atoms with Crippen molar-refractivity contribution in [3.8, 4) is 11.1 Å². The van der Waals surface area contributed by atoms with Gasteiger partial charge >= 0.3 is 0 Å². The van der Waals surface area contributed by atoms with Crippen molar-refractivity contribution in [1.29, 1.82) is 5.41 Å². The first-order chi connectivity index (χ1) is 11.9. The van der Waals surface area contributed by atoms with Gasteiger partial charge in [-0.25, -0.2) is 0 Å². The van der Waals surface area contributed by atoms with Crippen LogP contribution in [-0.4, -0.2) is 35.5 Å². The maximum atomic E-state index is 12.6. The summed E-state index contributed by atoms with van der Waals surface area (Å²) in [5, 5.41) is 20.2. The Morgan fingerprint density at radius 1 is 1.28 bits per heavy atom. The fourth-order valence-corrected chi connectivity index (χ4v) is 3.65. The van der Waals surface area contributed by atoms with Crippen LogP contribution in [0.25, 0.3) is 11.1 Å². The molecule has 5 nitrogen and oxygen atoms in total. The molecule has 0 bridgehead atoms. The Morgan fingerprint density at radius 2 is 2.04 bits per heavy atom. The van der Waals surface area contributed by atoms with Crippen LogP contribution in [0.1, 0.15) is 18.1 Å². The molecule has 0 saturated carbocycles. The Balaban J connectivity index is 2.08. The zero-order valence-electron chi connectivity index (χ0n) is 14.1. The third-order valence-electron chi connectivity index (χ3n) is 4.64. The average Bonchev–Trinajstić information content (AvgIpc) is 2.81. The van der Waals surface area contributed by atoms with Gasteiger partial charge in [0.2, 0.25) is 0 Å². The van der Waals surface area contributed by atoms with Gasteiger partial charge < -0.3 is 10.4 Å². The molecular weight excluding hydrogens is 429 g/mol. The molecule has 130 valence electrons. The van der Waals surface area contributed by atoms with Crippen LogP contribution in [-0.2, 0) is 16.8 Å². The second-order valence-electron chi connectivity index (χ2n) is 6.32. The van der Waals surface area contributed by atoms with Gasteiger partial charge in [0.05, 0.1) is 0 Å². The number of nitrogens with zero attached hydrogens (tertiary/aromatic N) is 1. The normalized spacial score (nSPS) is 20.1. The number of amides is 1. The lowest BCUT2D eigenvalue weighted by Crippen LogP contribution is -2.40. The van der Waals surface area contributed by atoms with Gasteiger partial charge in [0.15, 0.2) is 5.96 Å². The summed E-state index contributed by atoms with van der Waals surface area (Å²) >= 11 is 2.27. The van der Waals surface area contributed by atoms with Gasteiger partial charge in [-0.1, -0.05) is 24.3 Å². The largest absolute Gasteiger partial charge is 0.396 e. The average molecular weight is 449 g/mol. The molecule has 2 aromatic rings. The summed E-state index contributed by atoms with van der Waals surface area (Å²) in [6, 6.07) is 14.0. The molecule has 2 aromatic carbocycles. The molecule has 1 saturated heterocycles. The van der Waals surface area contributed by atoms with Gasteiger partial charge in [-0.15, -0.1) is 0 Å². The number of hydrogen-bond acceptors (Lipinski definition) is 3. The number of aliphatic hydroxyl groups excluding tert-OH is 1. The van der Waals surface area contributed by atoms with Gasteiger partial charge in [0.25, 0.3) is 5.91 Å². The number of guanidine groups is 1.